The maximum Gasteiger partial charge on any atom is 0.247 e. The number of carbonyl (C=O) groups excluding carboxylic acids is 1. The molecular formula is C17H17Cl2FN2O4S. The van der Waals surface area contributed by atoms with Crippen molar-refractivity contribution >= 4 is 44.8 Å². The van der Waals surface area contributed by atoms with Gasteiger partial charge in [-0.05, 0) is 30.3 Å². The summed E-state index contributed by atoms with van der Waals surface area (Å²) >= 11 is 12.0. The van der Waals surface area contributed by atoms with E-state index in [0.29, 0.717) is 0 Å². The number of halogens is 3. The number of benzene rings is 2. The molecule has 10 heteroatoms. The van der Waals surface area contributed by atoms with Gasteiger partial charge >= 0.3 is 0 Å². The second kappa shape index (κ2) is 8.88. The molecule has 0 fully saturated rings. The maximum atomic E-state index is 13.6. The van der Waals surface area contributed by atoms with E-state index in [1.807, 2.05) is 0 Å². The summed E-state index contributed by atoms with van der Waals surface area (Å²) < 4.78 is 45.2. The molecule has 2 aromatic carbocycles. The van der Waals surface area contributed by atoms with Gasteiger partial charge in [0.2, 0.25) is 15.9 Å². The van der Waals surface area contributed by atoms with Gasteiger partial charge < -0.3 is 10.1 Å². The first kappa shape index (κ1) is 21.4. The molecule has 0 bridgehead atoms. The number of ether oxygens (including phenoxy) is 1. The average molecular weight is 435 g/mol. The van der Waals surface area contributed by atoms with Gasteiger partial charge in [-0.15, -0.1) is 0 Å². The molecule has 0 saturated carbocycles. The van der Waals surface area contributed by atoms with E-state index in [0.717, 1.165) is 16.4 Å². The van der Waals surface area contributed by atoms with E-state index < -0.39 is 28.3 Å². The Morgan fingerprint density at radius 3 is 2.41 bits per heavy atom. The van der Waals surface area contributed by atoms with Crippen LogP contribution in [0.15, 0.2) is 41.3 Å². The van der Waals surface area contributed by atoms with Crippen LogP contribution >= 0.6 is 23.2 Å². The van der Waals surface area contributed by atoms with Crippen molar-refractivity contribution in [1.82, 2.24) is 4.31 Å². The second-order valence-corrected chi connectivity index (χ2v) is 8.09. The third kappa shape index (κ3) is 4.90. The monoisotopic (exact) mass is 434 g/mol. The molecule has 146 valence electrons. The van der Waals surface area contributed by atoms with Crippen LogP contribution in [0.1, 0.15) is 6.92 Å². The van der Waals surface area contributed by atoms with Crippen molar-refractivity contribution < 1.29 is 22.3 Å². The lowest BCUT2D eigenvalue weighted by Crippen LogP contribution is -2.38. The van der Waals surface area contributed by atoms with Gasteiger partial charge in [-0.1, -0.05) is 36.2 Å². The lowest BCUT2D eigenvalue weighted by Gasteiger charge is -2.21. The predicted octanol–water partition coefficient (Wildman–Crippen LogP) is 3.79. The van der Waals surface area contributed by atoms with Crippen LogP contribution in [0.2, 0.25) is 10.0 Å². The number of nitrogens with zero attached hydrogens (tertiary/aromatic N) is 1. The van der Waals surface area contributed by atoms with Gasteiger partial charge in [0.25, 0.3) is 0 Å². The zero-order chi connectivity index (χ0) is 20.2. The third-order valence-corrected chi connectivity index (χ3v) is 6.22. The number of anilines is 1. The third-order valence-electron chi connectivity index (χ3n) is 3.64. The van der Waals surface area contributed by atoms with Gasteiger partial charge in [0.1, 0.15) is 16.5 Å². The SMILES string of the molecule is CCN(CC(=O)Nc1c(Cl)cccc1Cl)S(=O)(=O)c1cc(F)ccc1OC. The van der Waals surface area contributed by atoms with Crippen molar-refractivity contribution in [3.8, 4) is 5.75 Å². The van der Waals surface area contributed by atoms with Gasteiger partial charge in [0.15, 0.2) is 0 Å². The van der Waals surface area contributed by atoms with E-state index in [9.17, 15) is 17.6 Å². The Hall–Kier alpha value is -1.87. The van der Waals surface area contributed by atoms with Crippen molar-refractivity contribution in [1.29, 1.82) is 0 Å². The summed E-state index contributed by atoms with van der Waals surface area (Å²) in [5, 5.41) is 2.93. The van der Waals surface area contributed by atoms with E-state index in [2.05, 4.69) is 5.32 Å². The molecule has 0 atom stereocenters. The van der Waals surface area contributed by atoms with Crippen LogP contribution in [0, 0.1) is 5.82 Å². The molecule has 0 heterocycles. The van der Waals surface area contributed by atoms with E-state index in [1.54, 1.807) is 13.0 Å². The summed E-state index contributed by atoms with van der Waals surface area (Å²) in [7, 11) is -2.91. The summed E-state index contributed by atoms with van der Waals surface area (Å²) in [6, 6.07) is 7.82. The zero-order valence-corrected chi connectivity index (χ0v) is 16.8. The molecule has 0 aliphatic heterocycles. The van der Waals surface area contributed by atoms with Crippen LogP contribution in [0.3, 0.4) is 0 Å². The Bertz CT molecular complexity index is 934. The number of nitrogens with one attached hydrogen (secondary N) is 1. The normalized spacial score (nSPS) is 11.5. The number of amides is 1. The first-order valence-electron chi connectivity index (χ1n) is 7.78. The molecule has 27 heavy (non-hydrogen) atoms. The summed E-state index contributed by atoms with van der Waals surface area (Å²) in [6.45, 7) is 1.02. The Balaban J connectivity index is 2.28. The number of carbonyl (C=O) groups is 1. The highest BCUT2D eigenvalue weighted by atomic mass is 35.5. The highest BCUT2D eigenvalue weighted by molar-refractivity contribution is 7.89. The van der Waals surface area contributed by atoms with Crippen molar-refractivity contribution in [2.24, 2.45) is 0 Å². The van der Waals surface area contributed by atoms with Gasteiger partial charge in [0, 0.05) is 6.54 Å². The van der Waals surface area contributed by atoms with Crippen LogP contribution in [0.25, 0.3) is 0 Å². The van der Waals surface area contributed by atoms with E-state index in [4.69, 9.17) is 27.9 Å². The summed E-state index contributed by atoms with van der Waals surface area (Å²) in [5.74, 6) is -1.41. The molecule has 0 aromatic heterocycles. The topological polar surface area (TPSA) is 75.7 Å². The molecule has 0 aliphatic carbocycles. The van der Waals surface area contributed by atoms with Crippen LogP contribution in [-0.4, -0.2) is 38.8 Å². The molecule has 2 aromatic rings. The number of rotatable bonds is 7. The number of sulfonamides is 1. The fraction of sp³-hybridized carbons (Fsp3) is 0.235. The minimum Gasteiger partial charge on any atom is -0.495 e. The lowest BCUT2D eigenvalue weighted by atomic mass is 10.3. The van der Waals surface area contributed by atoms with Crippen molar-refractivity contribution in [2.75, 3.05) is 25.5 Å². The largest absolute Gasteiger partial charge is 0.495 e. The number of para-hydroxylation sites is 1. The van der Waals surface area contributed by atoms with Crippen LogP contribution in [0.5, 0.6) is 5.75 Å². The molecule has 1 N–H and O–H groups in total. The summed E-state index contributed by atoms with van der Waals surface area (Å²) in [5.41, 5.74) is 0.183. The van der Waals surface area contributed by atoms with Gasteiger partial charge in [0.05, 0.1) is 29.4 Å². The van der Waals surface area contributed by atoms with Crippen LogP contribution < -0.4 is 10.1 Å². The second-order valence-electron chi connectivity index (χ2n) is 5.37. The molecule has 0 aliphatic rings. The highest BCUT2D eigenvalue weighted by Gasteiger charge is 2.29. The molecule has 0 radical (unpaired) electrons. The Morgan fingerprint density at radius 2 is 1.85 bits per heavy atom. The highest BCUT2D eigenvalue weighted by Crippen LogP contribution is 2.30. The Kier molecular flexibility index (Phi) is 7.05. The minimum absolute atomic E-state index is 0.0221. The fourth-order valence-electron chi connectivity index (χ4n) is 2.31. The van der Waals surface area contributed by atoms with Gasteiger partial charge in [-0.2, -0.15) is 4.31 Å². The standard InChI is InChI=1S/C17H17Cl2FN2O4S/c1-3-22(10-16(23)21-17-12(18)5-4-6-13(17)19)27(24,25)15-9-11(20)7-8-14(15)26-2/h4-9H,3,10H2,1-2H3,(H,21,23). The van der Waals surface area contributed by atoms with Crippen LogP contribution in [-0.2, 0) is 14.8 Å². The molecule has 6 nitrogen and oxygen atoms in total. The zero-order valence-electron chi connectivity index (χ0n) is 14.5. The van der Waals surface area contributed by atoms with Crippen LogP contribution in [0.4, 0.5) is 10.1 Å². The summed E-state index contributed by atoms with van der Waals surface area (Å²) in [4.78, 5) is 12.0. The Morgan fingerprint density at radius 1 is 1.22 bits per heavy atom. The minimum atomic E-state index is -4.18. The van der Waals surface area contributed by atoms with Gasteiger partial charge in [-0.3, -0.25) is 4.79 Å². The van der Waals surface area contributed by atoms with Crippen molar-refractivity contribution in [3.05, 3.63) is 52.3 Å². The fourth-order valence-corrected chi connectivity index (χ4v) is 4.38. The number of hydrogen-bond donors (Lipinski definition) is 1. The smallest absolute Gasteiger partial charge is 0.247 e. The number of hydrogen-bond acceptors (Lipinski definition) is 4. The van der Waals surface area contributed by atoms with E-state index in [-0.39, 0.29) is 32.9 Å². The average Bonchev–Trinajstić information content (AvgIpc) is 2.62. The van der Waals surface area contributed by atoms with E-state index >= 15 is 0 Å². The molecule has 2 rings (SSSR count). The summed E-state index contributed by atoms with van der Waals surface area (Å²) in [6.07, 6.45) is 0. The number of likely N-dealkylation sites (N-methyl/N-ethyl adjacent to an activating group) is 1. The van der Waals surface area contributed by atoms with Crippen molar-refractivity contribution in [2.45, 2.75) is 11.8 Å². The van der Waals surface area contributed by atoms with Gasteiger partial charge in [-0.25, -0.2) is 12.8 Å². The predicted molar refractivity (Wildman–Crippen MR) is 102 cm³/mol. The lowest BCUT2D eigenvalue weighted by molar-refractivity contribution is -0.116. The Labute approximate surface area is 166 Å². The van der Waals surface area contributed by atoms with E-state index in [1.165, 1.54) is 25.3 Å². The molecule has 0 unspecified atom stereocenters. The quantitative estimate of drug-likeness (QED) is 0.718. The first-order valence-corrected chi connectivity index (χ1v) is 9.97. The first-order chi connectivity index (χ1) is 12.7. The number of methoxy groups -OCH3 is 1. The van der Waals surface area contributed by atoms with Crippen molar-refractivity contribution in [3.63, 3.8) is 0 Å². The molecule has 1 amide bonds. The molecule has 0 spiro atoms. The maximum absolute atomic E-state index is 13.6. The molecule has 0 saturated heterocycles. The molecular weight excluding hydrogens is 418 g/mol.